The molecule has 5 nitrogen and oxygen atoms in total. The Labute approximate surface area is 101 Å². The van der Waals surface area contributed by atoms with E-state index in [1.807, 2.05) is 19.2 Å². The molecule has 0 atom stereocenters. The monoisotopic (exact) mass is 315 g/mol. The maximum atomic E-state index is 4.31. The topological polar surface area (TPSA) is 55.6 Å². The van der Waals surface area contributed by atoms with Crippen LogP contribution >= 0.6 is 22.6 Å². The summed E-state index contributed by atoms with van der Waals surface area (Å²) in [7, 11) is 1.80. The summed E-state index contributed by atoms with van der Waals surface area (Å²) in [6, 6.07) is 1.89. The Morgan fingerprint density at radius 1 is 1.40 bits per heavy atom. The van der Waals surface area contributed by atoms with Gasteiger partial charge in [-0.25, -0.2) is 9.67 Å². The summed E-state index contributed by atoms with van der Waals surface area (Å²) >= 11 is 2.21. The summed E-state index contributed by atoms with van der Waals surface area (Å²) in [6.07, 6.45) is 3.71. The van der Waals surface area contributed by atoms with Crippen LogP contribution in [0.5, 0.6) is 0 Å². The first-order valence-corrected chi connectivity index (χ1v) is 5.51. The lowest BCUT2D eigenvalue weighted by Gasteiger charge is -2.04. The molecule has 0 aliphatic rings. The van der Waals surface area contributed by atoms with E-state index in [2.05, 4.69) is 43.0 Å². The smallest absolute Gasteiger partial charge is 0.224 e. The molecule has 78 valence electrons. The molecule has 0 saturated carbocycles. The van der Waals surface area contributed by atoms with Gasteiger partial charge in [0, 0.05) is 25.0 Å². The number of anilines is 1. The van der Waals surface area contributed by atoms with Crippen LogP contribution in [0.2, 0.25) is 0 Å². The number of hydrogen-bond acceptors (Lipinski definition) is 4. The van der Waals surface area contributed by atoms with Gasteiger partial charge in [-0.05, 0) is 29.5 Å². The molecule has 1 N–H and O–H groups in total. The lowest BCUT2D eigenvalue weighted by molar-refractivity contribution is 0.836. The standard InChI is InChI=1S/C9H10IN5/c1-6-3-8(14-9(11-2)13-6)15-5-7(10)4-12-15/h3-5H,1-2H3,(H,11,13,14). The largest absolute Gasteiger partial charge is 0.357 e. The highest BCUT2D eigenvalue weighted by Crippen LogP contribution is 2.10. The number of hydrogen-bond donors (Lipinski definition) is 1. The van der Waals surface area contributed by atoms with E-state index in [0.717, 1.165) is 15.1 Å². The Hall–Kier alpha value is -1.18. The lowest BCUT2D eigenvalue weighted by Crippen LogP contribution is -2.04. The van der Waals surface area contributed by atoms with Gasteiger partial charge < -0.3 is 5.32 Å². The fraction of sp³-hybridized carbons (Fsp3) is 0.222. The van der Waals surface area contributed by atoms with E-state index in [0.29, 0.717) is 5.95 Å². The second-order valence-electron chi connectivity index (χ2n) is 3.04. The quantitative estimate of drug-likeness (QED) is 0.856. The Morgan fingerprint density at radius 2 is 2.20 bits per heavy atom. The summed E-state index contributed by atoms with van der Waals surface area (Å²) in [4.78, 5) is 8.53. The van der Waals surface area contributed by atoms with Crippen molar-refractivity contribution >= 4 is 28.5 Å². The van der Waals surface area contributed by atoms with Gasteiger partial charge in [0.25, 0.3) is 0 Å². The van der Waals surface area contributed by atoms with Crippen LogP contribution in [0, 0.1) is 10.5 Å². The molecule has 0 fully saturated rings. The van der Waals surface area contributed by atoms with Gasteiger partial charge >= 0.3 is 0 Å². The molecule has 0 aliphatic carbocycles. The molecule has 0 radical (unpaired) electrons. The van der Waals surface area contributed by atoms with Crippen molar-refractivity contribution in [2.24, 2.45) is 0 Å². The van der Waals surface area contributed by atoms with Crippen molar-refractivity contribution in [3.05, 3.63) is 27.7 Å². The third kappa shape index (κ3) is 2.25. The molecule has 2 aromatic rings. The van der Waals surface area contributed by atoms with Crippen LogP contribution in [-0.4, -0.2) is 26.8 Å². The first-order valence-electron chi connectivity index (χ1n) is 4.43. The van der Waals surface area contributed by atoms with E-state index in [-0.39, 0.29) is 0 Å². The molecule has 0 amide bonds. The highest BCUT2D eigenvalue weighted by Gasteiger charge is 2.03. The number of nitrogens with one attached hydrogen (secondary N) is 1. The van der Waals surface area contributed by atoms with Crippen LogP contribution in [0.25, 0.3) is 5.82 Å². The normalized spacial score (nSPS) is 10.3. The zero-order valence-corrected chi connectivity index (χ0v) is 10.6. The van der Waals surface area contributed by atoms with E-state index in [1.54, 1.807) is 17.9 Å². The Kier molecular flexibility index (Phi) is 2.85. The Bertz CT molecular complexity index is 479. The van der Waals surface area contributed by atoms with Gasteiger partial charge in [-0.1, -0.05) is 0 Å². The summed E-state index contributed by atoms with van der Waals surface area (Å²) in [6.45, 7) is 1.93. The molecular weight excluding hydrogens is 305 g/mol. The molecular formula is C9H10IN5. The van der Waals surface area contributed by atoms with Gasteiger partial charge in [0.15, 0.2) is 5.82 Å². The molecule has 0 saturated heterocycles. The van der Waals surface area contributed by atoms with E-state index in [4.69, 9.17) is 0 Å². The highest BCUT2D eigenvalue weighted by atomic mass is 127. The third-order valence-corrected chi connectivity index (χ3v) is 2.41. The molecule has 6 heteroatoms. The molecule has 0 aliphatic heterocycles. The van der Waals surface area contributed by atoms with E-state index < -0.39 is 0 Å². The summed E-state index contributed by atoms with van der Waals surface area (Å²) in [5, 5.41) is 7.11. The van der Waals surface area contributed by atoms with Crippen LogP contribution < -0.4 is 5.32 Å². The Balaban J connectivity index is 2.48. The van der Waals surface area contributed by atoms with Crippen LogP contribution in [0.3, 0.4) is 0 Å². The second-order valence-corrected chi connectivity index (χ2v) is 4.29. The number of aryl methyl sites for hydroxylation is 1. The zero-order valence-electron chi connectivity index (χ0n) is 8.40. The van der Waals surface area contributed by atoms with Crippen molar-refractivity contribution in [2.75, 3.05) is 12.4 Å². The average Bonchev–Trinajstić information content (AvgIpc) is 2.64. The highest BCUT2D eigenvalue weighted by molar-refractivity contribution is 14.1. The van der Waals surface area contributed by atoms with Crippen LogP contribution in [0.1, 0.15) is 5.69 Å². The van der Waals surface area contributed by atoms with Gasteiger partial charge in [-0.3, -0.25) is 0 Å². The SMILES string of the molecule is CNc1nc(C)cc(-n2cc(I)cn2)n1. The molecule has 0 aromatic carbocycles. The first kappa shape index (κ1) is 10.3. The fourth-order valence-electron chi connectivity index (χ4n) is 1.21. The number of rotatable bonds is 2. The molecule has 2 aromatic heterocycles. The van der Waals surface area contributed by atoms with Crippen LogP contribution in [0.4, 0.5) is 5.95 Å². The van der Waals surface area contributed by atoms with Crippen molar-refractivity contribution in [1.82, 2.24) is 19.7 Å². The molecule has 0 spiro atoms. The number of aromatic nitrogens is 4. The van der Waals surface area contributed by atoms with E-state index in [9.17, 15) is 0 Å². The molecule has 15 heavy (non-hydrogen) atoms. The number of nitrogens with zero attached hydrogens (tertiary/aromatic N) is 4. The minimum atomic E-state index is 0.607. The van der Waals surface area contributed by atoms with Crippen LogP contribution in [0.15, 0.2) is 18.5 Å². The lowest BCUT2D eigenvalue weighted by atomic mass is 10.4. The predicted octanol–water partition coefficient (Wildman–Crippen LogP) is 1.62. The van der Waals surface area contributed by atoms with Gasteiger partial charge in [0.1, 0.15) is 0 Å². The Morgan fingerprint density at radius 3 is 2.80 bits per heavy atom. The maximum Gasteiger partial charge on any atom is 0.224 e. The van der Waals surface area contributed by atoms with Crippen molar-refractivity contribution in [2.45, 2.75) is 6.92 Å². The van der Waals surface area contributed by atoms with Crippen molar-refractivity contribution in [1.29, 1.82) is 0 Å². The molecule has 2 rings (SSSR count). The van der Waals surface area contributed by atoms with Gasteiger partial charge in [-0.15, -0.1) is 0 Å². The first-order chi connectivity index (χ1) is 7.19. The summed E-state index contributed by atoms with van der Waals surface area (Å²) in [5.41, 5.74) is 0.912. The third-order valence-electron chi connectivity index (χ3n) is 1.85. The minimum Gasteiger partial charge on any atom is -0.357 e. The van der Waals surface area contributed by atoms with Crippen LogP contribution in [-0.2, 0) is 0 Å². The van der Waals surface area contributed by atoms with Gasteiger partial charge in [-0.2, -0.15) is 10.1 Å². The molecule has 2 heterocycles. The van der Waals surface area contributed by atoms with Gasteiger partial charge in [0.2, 0.25) is 5.95 Å². The van der Waals surface area contributed by atoms with Gasteiger partial charge in [0.05, 0.1) is 9.77 Å². The molecule has 0 bridgehead atoms. The second kappa shape index (κ2) is 4.13. The average molecular weight is 315 g/mol. The summed E-state index contributed by atoms with van der Waals surface area (Å²) < 4.78 is 2.81. The minimum absolute atomic E-state index is 0.607. The fourth-order valence-corrected chi connectivity index (χ4v) is 1.60. The van der Waals surface area contributed by atoms with Crippen molar-refractivity contribution < 1.29 is 0 Å². The molecule has 0 unspecified atom stereocenters. The van der Waals surface area contributed by atoms with Crippen molar-refractivity contribution in [3.63, 3.8) is 0 Å². The maximum absolute atomic E-state index is 4.31. The van der Waals surface area contributed by atoms with E-state index >= 15 is 0 Å². The van der Waals surface area contributed by atoms with Crippen molar-refractivity contribution in [3.8, 4) is 5.82 Å². The van der Waals surface area contributed by atoms with E-state index in [1.165, 1.54) is 0 Å². The summed E-state index contributed by atoms with van der Waals surface area (Å²) in [5.74, 6) is 1.38. The predicted molar refractivity (Wildman–Crippen MR) is 66.2 cm³/mol. The zero-order chi connectivity index (χ0) is 10.8. The number of halogens is 1.